The Morgan fingerprint density at radius 3 is 3.00 bits per heavy atom. The van der Waals surface area contributed by atoms with Crippen molar-refractivity contribution in [2.24, 2.45) is 0 Å². The summed E-state index contributed by atoms with van der Waals surface area (Å²) < 4.78 is 0. The number of aliphatic hydroxyl groups is 1. The number of nitrogens with zero attached hydrogens (tertiary/aromatic N) is 3. The van der Waals surface area contributed by atoms with Gasteiger partial charge in [-0.1, -0.05) is 6.92 Å². The first-order valence-corrected chi connectivity index (χ1v) is 7.41. The maximum Gasteiger partial charge on any atom is 0.0957 e. The van der Waals surface area contributed by atoms with Crippen LogP contribution in [0.15, 0.2) is 18.3 Å². The van der Waals surface area contributed by atoms with Crippen molar-refractivity contribution < 1.29 is 5.11 Å². The lowest BCUT2D eigenvalue weighted by atomic mass is 10.1. The molecule has 0 spiro atoms. The van der Waals surface area contributed by atoms with Gasteiger partial charge in [-0.15, -0.1) is 0 Å². The first-order valence-electron chi connectivity index (χ1n) is 7.41. The summed E-state index contributed by atoms with van der Waals surface area (Å²) in [6.45, 7) is 6.63. The summed E-state index contributed by atoms with van der Waals surface area (Å²) in [4.78, 5) is 9.45. The van der Waals surface area contributed by atoms with Crippen LogP contribution in [0.1, 0.15) is 38.0 Å². The van der Waals surface area contributed by atoms with Gasteiger partial charge in [0.1, 0.15) is 0 Å². The molecule has 3 heterocycles. The molecule has 0 radical (unpaired) electrons. The highest BCUT2D eigenvalue weighted by molar-refractivity contribution is 5.45. The fraction of sp³-hybridized carbons (Fsp3) is 0.667. The molecule has 2 fully saturated rings. The Hall–Kier alpha value is -1.13. The van der Waals surface area contributed by atoms with Crippen LogP contribution < -0.4 is 4.90 Å². The highest BCUT2D eigenvalue weighted by Crippen LogP contribution is 2.25. The Morgan fingerprint density at radius 2 is 2.26 bits per heavy atom. The summed E-state index contributed by atoms with van der Waals surface area (Å²) in [7, 11) is 0. The van der Waals surface area contributed by atoms with Crippen LogP contribution in [-0.4, -0.2) is 47.2 Å². The maximum atomic E-state index is 9.77. The molecule has 0 aliphatic carbocycles. The van der Waals surface area contributed by atoms with Crippen LogP contribution in [0.25, 0.3) is 0 Å². The van der Waals surface area contributed by atoms with Crippen LogP contribution in [0.3, 0.4) is 0 Å². The highest BCUT2D eigenvalue weighted by Gasteiger charge is 2.30. The quantitative estimate of drug-likeness (QED) is 0.901. The molecule has 4 heteroatoms. The summed E-state index contributed by atoms with van der Waals surface area (Å²) in [5.74, 6) is 0. The van der Waals surface area contributed by atoms with Gasteiger partial charge in [0.15, 0.2) is 0 Å². The zero-order valence-corrected chi connectivity index (χ0v) is 11.6. The van der Waals surface area contributed by atoms with E-state index < -0.39 is 6.10 Å². The van der Waals surface area contributed by atoms with Crippen molar-refractivity contribution in [1.29, 1.82) is 0 Å². The van der Waals surface area contributed by atoms with Crippen LogP contribution in [0.2, 0.25) is 0 Å². The van der Waals surface area contributed by atoms with Gasteiger partial charge in [-0.2, -0.15) is 0 Å². The highest BCUT2D eigenvalue weighted by atomic mass is 16.3. The van der Waals surface area contributed by atoms with E-state index in [1.54, 1.807) is 0 Å². The molecule has 2 aliphatic rings. The average molecular weight is 261 g/mol. The summed E-state index contributed by atoms with van der Waals surface area (Å²) in [5.41, 5.74) is 1.98. The fourth-order valence-corrected chi connectivity index (χ4v) is 3.22. The summed E-state index contributed by atoms with van der Waals surface area (Å²) in [6, 6.07) is 4.80. The summed E-state index contributed by atoms with van der Waals surface area (Å²) >= 11 is 0. The van der Waals surface area contributed by atoms with Crippen molar-refractivity contribution in [3.05, 3.63) is 24.0 Å². The molecule has 19 heavy (non-hydrogen) atoms. The molecule has 2 aliphatic heterocycles. The second kappa shape index (κ2) is 5.47. The van der Waals surface area contributed by atoms with E-state index in [0.29, 0.717) is 6.42 Å². The third-order valence-electron chi connectivity index (χ3n) is 4.45. The first kappa shape index (κ1) is 12.9. The van der Waals surface area contributed by atoms with Crippen molar-refractivity contribution in [1.82, 2.24) is 9.88 Å². The van der Waals surface area contributed by atoms with Crippen LogP contribution in [-0.2, 0) is 0 Å². The minimum atomic E-state index is -0.430. The summed E-state index contributed by atoms with van der Waals surface area (Å²) in [6.07, 6.45) is 4.88. The molecule has 1 aromatic heterocycles. The number of piperazine rings is 1. The fourth-order valence-electron chi connectivity index (χ4n) is 3.22. The molecule has 0 aromatic carbocycles. The van der Waals surface area contributed by atoms with Crippen LogP contribution >= 0.6 is 0 Å². The van der Waals surface area contributed by atoms with Crippen molar-refractivity contribution in [3.8, 4) is 0 Å². The van der Waals surface area contributed by atoms with Crippen molar-refractivity contribution in [2.75, 3.05) is 31.1 Å². The smallest absolute Gasteiger partial charge is 0.0957 e. The third-order valence-corrected chi connectivity index (χ3v) is 4.45. The molecule has 0 amide bonds. The Labute approximate surface area is 115 Å². The predicted molar refractivity (Wildman–Crippen MR) is 76.3 cm³/mol. The topological polar surface area (TPSA) is 39.6 Å². The van der Waals surface area contributed by atoms with E-state index in [-0.39, 0.29) is 0 Å². The van der Waals surface area contributed by atoms with Crippen molar-refractivity contribution in [3.63, 3.8) is 0 Å². The number of aromatic nitrogens is 1. The second-order valence-electron chi connectivity index (χ2n) is 5.64. The Morgan fingerprint density at radius 1 is 1.37 bits per heavy atom. The number of fused-ring (bicyclic) bond motifs is 1. The molecular formula is C15H23N3O. The number of rotatable bonds is 3. The number of anilines is 1. The minimum Gasteiger partial charge on any atom is -0.387 e. The number of hydrogen-bond acceptors (Lipinski definition) is 4. The largest absolute Gasteiger partial charge is 0.387 e. The lowest BCUT2D eigenvalue weighted by Gasteiger charge is -2.38. The second-order valence-corrected chi connectivity index (χ2v) is 5.64. The van der Waals surface area contributed by atoms with Gasteiger partial charge in [0, 0.05) is 25.7 Å². The molecule has 3 rings (SSSR count). The lowest BCUT2D eigenvalue weighted by Crippen LogP contribution is -2.50. The van der Waals surface area contributed by atoms with E-state index in [1.807, 2.05) is 19.2 Å². The zero-order valence-electron chi connectivity index (χ0n) is 11.6. The lowest BCUT2D eigenvalue weighted by molar-refractivity contribution is 0.169. The van der Waals surface area contributed by atoms with Crippen LogP contribution in [0.5, 0.6) is 0 Å². The minimum absolute atomic E-state index is 0.430. The van der Waals surface area contributed by atoms with E-state index in [1.165, 1.54) is 31.6 Å². The van der Waals surface area contributed by atoms with E-state index in [9.17, 15) is 5.11 Å². The predicted octanol–water partition coefficient (Wildman–Crippen LogP) is 1.81. The Bertz CT molecular complexity index is 420. The normalized spacial score (nSPS) is 25.4. The van der Waals surface area contributed by atoms with Gasteiger partial charge in [0.25, 0.3) is 0 Å². The molecule has 2 saturated heterocycles. The van der Waals surface area contributed by atoms with Crippen molar-refractivity contribution >= 4 is 5.69 Å². The van der Waals surface area contributed by atoms with Gasteiger partial charge in [-0.25, -0.2) is 0 Å². The van der Waals surface area contributed by atoms with Gasteiger partial charge in [0.05, 0.1) is 23.7 Å². The molecule has 4 nitrogen and oxygen atoms in total. The Balaban J connectivity index is 1.69. The molecule has 0 bridgehead atoms. The number of pyridine rings is 1. The summed E-state index contributed by atoms with van der Waals surface area (Å²) in [5, 5.41) is 9.77. The van der Waals surface area contributed by atoms with Crippen LogP contribution in [0, 0.1) is 0 Å². The molecule has 0 saturated carbocycles. The zero-order chi connectivity index (χ0) is 13.2. The molecule has 104 valence electrons. The Kier molecular flexibility index (Phi) is 3.71. The van der Waals surface area contributed by atoms with E-state index in [2.05, 4.69) is 20.9 Å². The van der Waals surface area contributed by atoms with Gasteiger partial charge in [0.2, 0.25) is 0 Å². The van der Waals surface area contributed by atoms with Gasteiger partial charge in [-0.3, -0.25) is 9.88 Å². The number of aliphatic hydroxyl groups excluding tert-OH is 1. The number of hydrogen-bond donors (Lipinski definition) is 1. The standard InChI is InChI=1S/C15H23N3O/c1-2-15(19)14-6-5-12(10-16-14)18-9-8-17-7-3-4-13(17)11-18/h5-6,10,13,15,19H,2-4,7-9,11H2,1H3. The monoisotopic (exact) mass is 261 g/mol. The maximum absolute atomic E-state index is 9.77. The van der Waals surface area contributed by atoms with E-state index in [0.717, 1.165) is 24.8 Å². The third kappa shape index (κ3) is 2.60. The SMILES string of the molecule is CCC(O)c1ccc(N2CCN3CCCC3C2)cn1. The van der Waals surface area contributed by atoms with Gasteiger partial charge < -0.3 is 10.0 Å². The van der Waals surface area contributed by atoms with E-state index >= 15 is 0 Å². The van der Waals surface area contributed by atoms with E-state index in [4.69, 9.17) is 0 Å². The molecular weight excluding hydrogens is 238 g/mol. The molecule has 2 atom stereocenters. The first-order chi connectivity index (χ1) is 9.28. The molecule has 2 unspecified atom stereocenters. The van der Waals surface area contributed by atoms with Gasteiger partial charge >= 0.3 is 0 Å². The van der Waals surface area contributed by atoms with Crippen LogP contribution in [0.4, 0.5) is 5.69 Å². The average Bonchev–Trinajstić information content (AvgIpc) is 2.94. The molecule has 1 aromatic rings. The molecule has 1 N–H and O–H groups in total. The van der Waals surface area contributed by atoms with Gasteiger partial charge in [-0.05, 0) is 37.9 Å². The van der Waals surface area contributed by atoms with Crippen molar-refractivity contribution in [2.45, 2.75) is 38.3 Å².